The van der Waals surface area contributed by atoms with Gasteiger partial charge in [0.05, 0.1) is 0 Å². The van der Waals surface area contributed by atoms with Crippen molar-refractivity contribution >= 4 is 8.07 Å². The van der Waals surface area contributed by atoms with Gasteiger partial charge in [0.2, 0.25) is 0 Å². The fourth-order valence-electron chi connectivity index (χ4n) is 2.91. The zero-order valence-corrected chi connectivity index (χ0v) is 10.8. The molecule has 0 unspecified atom stereocenters. The van der Waals surface area contributed by atoms with Crippen LogP contribution in [0.15, 0.2) is 46.8 Å². The topological polar surface area (TPSA) is 0 Å². The van der Waals surface area contributed by atoms with Crippen molar-refractivity contribution in [1.29, 1.82) is 0 Å². The largest absolute Gasteiger partial charge is 0.112 e. The summed E-state index contributed by atoms with van der Waals surface area (Å²) >= 11 is 0. The fourth-order valence-corrected chi connectivity index (χ4v) is 7.38. The second-order valence-corrected chi connectivity index (χ2v) is 9.21. The van der Waals surface area contributed by atoms with E-state index in [4.69, 9.17) is 0 Å². The van der Waals surface area contributed by atoms with Gasteiger partial charge in [0.25, 0.3) is 0 Å². The number of allylic oxidation sites excluding steroid dienone is 8. The molecule has 0 fully saturated rings. The summed E-state index contributed by atoms with van der Waals surface area (Å²) in [6, 6.07) is 2.71. The van der Waals surface area contributed by atoms with Gasteiger partial charge in [-0.05, 0) is 12.8 Å². The molecule has 0 aromatic rings. The van der Waals surface area contributed by atoms with Crippen LogP contribution in [-0.4, -0.2) is 8.07 Å². The second kappa shape index (κ2) is 4.36. The van der Waals surface area contributed by atoms with Crippen molar-refractivity contribution in [2.75, 3.05) is 0 Å². The van der Waals surface area contributed by atoms with Crippen LogP contribution < -0.4 is 0 Å². The van der Waals surface area contributed by atoms with Crippen molar-refractivity contribution in [3.05, 3.63) is 46.8 Å². The molecule has 0 nitrogen and oxygen atoms in total. The van der Waals surface area contributed by atoms with E-state index in [0.717, 1.165) is 6.42 Å². The molecule has 0 aliphatic heterocycles. The Balaban J connectivity index is 2.35. The zero-order valence-electron chi connectivity index (χ0n) is 9.79. The number of hydrogen-bond acceptors (Lipinski definition) is 0. The SMILES string of the molecule is CC[Si](CC)(C1=CCC=C1)C1=CC=CC1. The predicted molar refractivity (Wildman–Crippen MR) is 70.4 cm³/mol. The highest BCUT2D eigenvalue weighted by Crippen LogP contribution is 2.37. The Kier molecular flexibility index (Phi) is 3.10. The number of rotatable bonds is 4. The first-order chi connectivity index (χ1) is 7.33. The van der Waals surface area contributed by atoms with Crippen molar-refractivity contribution in [2.24, 2.45) is 0 Å². The van der Waals surface area contributed by atoms with Crippen molar-refractivity contribution in [1.82, 2.24) is 0 Å². The Morgan fingerprint density at radius 1 is 1.20 bits per heavy atom. The molecule has 15 heavy (non-hydrogen) atoms. The second-order valence-electron chi connectivity index (χ2n) is 4.41. The molecule has 0 aromatic carbocycles. The van der Waals surface area contributed by atoms with Crippen molar-refractivity contribution in [3.63, 3.8) is 0 Å². The maximum atomic E-state index is 2.46. The lowest BCUT2D eigenvalue weighted by atomic mass is 10.5. The lowest BCUT2D eigenvalue weighted by molar-refractivity contribution is 1.21. The van der Waals surface area contributed by atoms with Crippen LogP contribution in [0.4, 0.5) is 0 Å². The van der Waals surface area contributed by atoms with E-state index in [2.05, 4.69) is 50.3 Å². The van der Waals surface area contributed by atoms with Crippen molar-refractivity contribution < 1.29 is 0 Å². The van der Waals surface area contributed by atoms with Crippen molar-refractivity contribution in [3.8, 4) is 0 Å². The Bertz CT molecular complexity index is 352. The predicted octanol–water partition coefficient (Wildman–Crippen LogP) is 4.33. The van der Waals surface area contributed by atoms with Gasteiger partial charge in [0, 0.05) is 0 Å². The van der Waals surface area contributed by atoms with E-state index in [1.54, 1.807) is 10.4 Å². The van der Waals surface area contributed by atoms with Crippen LogP contribution in [0.25, 0.3) is 0 Å². The maximum absolute atomic E-state index is 2.46. The molecule has 0 heterocycles. The molecule has 0 atom stereocenters. The summed E-state index contributed by atoms with van der Waals surface area (Å²) in [7, 11) is -1.30. The quantitative estimate of drug-likeness (QED) is 0.614. The Morgan fingerprint density at radius 3 is 2.47 bits per heavy atom. The van der Waals surface area contributed by atoms with Gasteiger partial charge >= 0.3 is 0 Å². The monoisotopic (exact) mass is 216 g/mol. The molecule has 2 aliphatic rings. The van der Waals surface area contributed by atoms with Gasteiger partial charge in [-0.3, -0.25) is 0 Å². The third-order valence-electron chi connectivity index (χ3n) is 3.92. The van der Waals surface area contributed by atoms with Gasteiger partial charge in [-0.15, -0.1) is 0 Å². The molecule has 0 aromatic heterocycles. The van der Waals surface area contributed by atoms with Gasteiger partial charge in [0.15, 0.2) is 0 Å². The van der Waals surface area contributed by atoms with E-state index in [9.17, 15) is 0 Å². The summed E-state index contributed by atoms with van der Waals surface area (Å²) < 4.78 is 0. The maximum Gasteiger partial charge on any atom is 0.112 e. The third-order valence-corrected chi connectivity index (χ3v) is 9.41. The minimum absolute atomic E-state index is 1.16. The minimum atomic E-state index is -1.30. The van der Waals surface area contributed by atoms with E-state index in [0.29, 0.717) is 0 Å². The van der Waals surface area contributed by atoms with Crippen molar-refractivity contribution in [2.45, 2.75) is 38.8 Å². The van der Waals surface area contributed by atoms with E-state index in [1.807, 2.05) is 0 Å². The van der Waals surface area contributed by atoms with E-state index < -0.39 is 8.07 Å². The van der Waals surface area contributed by atoms with Gasteiger partial charge in [-0.1, -0.05) is 72.8 Å². The highest BCUT2D eigenvalue weighted by molar-refractivity contribution is 6.93. The first kappa shape index (κ1) is 10.7. The van der Waals surface area contributed by atoms with Gasteiger partial charge in [-0.2, -0.15) is 0 Å². The van der Waals surface area contributed by atoms with Crippen LogP contribution in [0.2, 0.25) is 12.1 Å². The molecule has 1 heteroatoms. The molecule has 2 aliphatic carbocycles. The molecule has 0 N–H and O–H groups in total. The molecule has 0 saturated carbocycles. The first-order valence-corrected chi connectivity index (χ1v) is 8.48. The highest BCUT2D eigenvalue weighted by Gasteiger charge is 2.36. The van der Waals surface area contributed by atoms with E-state index in [-0.39, 0.29) is 0 Å². The normalized spacial score (nSPS) is 19.6. The average Bonchev–Trinajstić information content (AvgIpc) is 2.92. The summed E-state index contributed by atoms with van der Waals surface area (Å²) in [5.74, 6) is 0. The Morgan fingerprint density at radius 2 is 2.00 bits per heavy atom. The lowest BCUT2D eigenvalue weighted by Gasteiger charge is -2.32. The molecule has 0 bridgehead atoms. The summed E-state index contributed by atoms with van der Waals surface area (Å²) in [5, 5.41) is 3.42. The van der Waals surface area contributed by atoms with Crippen LogP contribution in [-0.2, 0) is 0 Å². The highest BCUT2D eigenvalue weighted by atomic mass is 28.3. The summed E-state index contributed by atoms with van der Waals surface area (Å²) in [5.41, 5.74) is 0. The van der Waals surface area contributed by atoms with Crippen LogP contribution in [0, 0.1) is 0 Å². The average molecular weight is 216 g/mol. The van der Waals surface area contributed by atoms with E-state index in [1.165, 1.54) is 18.5 Å². The number of hydrogen-bond donors (Lipinski definition) is 0. The molecular formula is C14H20Si. The molecular weight excluding hydrogens is 196 g/mol. The van der Waals surface area contributed by atoms with Crippen LogP contribution in [0.3, 0.4) is 0 Å². The molecule has 0 saturated heterocycles. The Labute approximate surface area is 94.1 Å². The molecule has 0 spiro atoms. The first-order valence-electron chi connectivity index (χ1n) is 6.07. The summed E-state index contributed by atoms with van der Waals surface area (Å²) in [6.45, 7) is 4.75. The minimum Gasteiger partial charge on any atom is -0.0811 e. The zero-order chi connectivity index (χ0) is 10.7. The van der Waals surface area contributed by atoms with Crippen LogP contribution in [0.1, 0.15) is 26.7 Å². The van der Waals surface area contributed by atoms with Gasteiger partial charge in [0.1, 0.15) is 8.07 Å². The van der Waals surface area contributed by atoms with E-state index >= 15 is 0 Å². The summed E-state index contributed by atoms with van der Waals surface area (Å²) in [4.78, 5) is 0. The molecule has 2 rings (SSSR count). The smallest absolute Gasteiger partial charge is 0.0811 e. The molecule has 80 valence electrons. The van der Waals surface area contributed by atoms with Gasteiger partial charge in [-0.25, -0.2) is 0 Å². The van der Waals surface area contributed by atoms with Crippen LogP contribution in [0.5, 0.6) is 0 Å². The van der Waals surface area contributed by atoms with Crippen LogP contribution >= 0.6 is 0 Å². The third kappa shape index (κ3) is 1.69. The summed E-state index contributed by atoms with van der Waals surface area (Å²) in [6.07, 6.45) is 16.4. The molecule has 0 radical (unpaired) electrons. The van der Waals surface area contributed by atoms with Gasteiger partial charge < -0.3 is 0 Å². The lowest BCUT2D eigenvalue weighted by Crippen LogP contribution is -2.37. The standard InChI is InChI=1S/C14H20Si/c1-3-15(4-2,13-9-5-6-10-13)14-11-7-8-12-14/h5-7,9,11-12H,3-4,8,10H2,1-2H3. The molecule has 0 amide bonds. The fraction of sp³-hybridized carbons (Fsp3) is 0.429. The Hall–Kier alpha value is -0.823.